The highest BCUT2D eigenvalue weighted by Crippen LogP contribution is 2.31. The van der Waals surface area contributed by atoms with Crippen molar-refractivity contribution in [3.63, 3.8) is 0 Å². The number of hydrogen-bond acceptors (Lipinski definition) is 4. The molecule has 1 fully saturated rings. The van der Waals surface area contributed by atoms with Gasteiger partial charge >= 0.3 is 0 Å². The first kappa shape index (κ1) is 13.1. The summed E-state index contributed by atoms with van der Waals surface area (Å²) in [5.74, 6) is 1.89. The zero-order valence-electron chi connectivity index (χ0n) is 12.8. The van der Waals surface area contributed by atoms with Crippen molar-refractivity contribution in [3.8, 4) is 17.2 Å². The minimum absolute atomic E-state index is 0.856. The summed E-state index contributed by atoms with van der Waals surface area (Å²) >= 11 is 0. The zero-order chi connectivity index (χ0) is 15.1. The molecule has 4 heterocycles. The van der Waals surface area contributed by atoms with E-state index in [-0.39, 0.29) is 0 Å². The number of aryl methyl sites for hydroxylation is 1. The topological polar surface area (TPSA) is 67.6 Å². The number of nitrogens with zero attached hydrogens (tertiary/aromatic N) is 6. The number of imidazole rings is 2. The summed E-state index contributed by atoms with van der Waals surface area (Å²) in [4.78, 5) is 14.1. The summed E-state index contributed by atoms with van der Waals surface area (Å²) < 4.78 is 4.04. The van der Waals surface area contributed by atoms with Crippen molar-refractivity contribution in [1.82, 2.24) is 29.3 Å². The van der Waals surface area contributed by atoms with Crippen molar-refractivity contribution in [2.75, 3.05) is 18.0 Å². The van der Waals surface area contributed by atoms with Gasteiger partial charge in [0.05, 0.1) is 18.2 Å². The highest BCUT2D eigenvalue weighted by atomic mass is 15.4. The molecule has 0 radical (unpaired) electrons. The quantitative estimate of drug-likeness (QED) is 0.802. The number of nitrogens with one attached hydrogen (secondary N) is 1. The van der Waals surface area contributed by atoms with E-state index in [2.05, 4.69) is 31.3 Å². The molecule has 3 aromatic heterocycles. The van der Waals surface area contributed by atoms with Crippen LogP contribution in [0.2, 0.25) is 0 Å². The van der Waals surface area contributed by atoms with E-state index in [0.717, 1.165) is 41.8 Å². The van der Waals surface area contributed by atoms with Gasteiger partial charge in [-0.25, -0.2) is 9.97 Å². The van der Waals surface area contributed by atoms with Crippen molar-refractivity contribution in [2.45, 2.75) is 19.8 Å². The number of aromatic amines is 1. The summed E-state index contributed by atoms with van der Waals surface area (Å²) in [6.07, 6.45) is 9.72. The molecule has 0 aromatic carbocycles. The lowest BCUT2D eigenvalue weighted by atomic mass is 10.3. The lowest BCUT2D eigenvalue weighted by molar-refractivity contribution is 0.730. The first-order valence-corrected chi connectivity index (χ1v) is 7.56. The third-order valence-corrected chi connectivity index (χ3v) is 4.31. The molecule has 1 aliphatic heterocycles. The van der Waals surface area contributed by atoms with Crippen LogP contribution in [0.4, 0.5) is 5.82 Å². The standard InChI is InChI=1S/C15H19N7/c1-11-13(15(19-20(11)2)21-6-3-4-7-21)22-8-5-17-14(22)12-9-16-10-18-12/h5,8-10H,3-4,6-7H2,1-2H3,(H,16,18). The number of hydrogen-bond donors (Lipinski definition) is 1. The second-order valence-corrected chi connectivity index (χ2v) is 5.66. The highest BCUT2D eigenvalue weighted by Gasteiger charge is 2.24. The van der Waals surface area contributed by atoms with E-state index >= 15 is 0 Å². The van der Waals surface area contributed by atoms with Crippen LogP contribution in [-0.2, 0) is 7.05 Å². The predicted molar refractivity (Wildman–Crippen MR) is 84.1 cm³/mol. The Bertz CT molecular complexity index is 775. The summed E-state index contributed by atoms with van der Waals surface area (Å²) in [7, 11) is 1.99. The zero-order valence-corrected chi connectivity index (χ0v) is 12.8. The summed E-state index contributed by atoms with van der Waals surface area (Å²) in [6, 6.07) is 0. The minimum Gasteiger partial charge on any atom is -0.353 e. The van der Waals surface area contributed by atoms with Crippen molar-refractivity contribution in [3.05, 3.63) is 30.6 Å². The molecule has 1 saturated heterocycles. The van der Waals surface area contributed by atoms with Crippen LogP contribution in [0.3, 0.4) is 0 Å². The molecule has 1 aliphatic rings. The highest BCUT2D eigenvalue weighted by molar-refractivity contribution is 5.65. The molecule has 114 valence electrons. The van der Waals surface area contributed by atoms with Gasteiger partial charge in [-0.05, 0) is 19.8 Å². The Balaban J connectivity index is 1.88. The maximum Gasteiger partial charge on any atom is 0.175 e. The van der Waals surface area contributed by atoms with Gasteiger partial charge in [0.25, 0.3) is 0 Å². The first-order valence-electron chi connectivity index (χ1n) is 7.56. The van der Waals surface area contributed by atoms with Crippen molar-refractivity contribution in [1.29, 1.82) is 0 Å². The van der Waals surface area contributed by atoms with Crippen LogP contribution in [0.15, 0.2) is 24.9 Å². The molecule has 0 unspecified atom stereocenters. The Kier molecular flexibility index (Phi) is 2.99. The van der Waals surface area contributed by atoms with Crippen LogP contribution in [0, 0.1) is 6.92 Å². The minimum atomic E-state index is 0.856. The third-order valence-electron chi connectivity index (χ3n) is 4.31. The number of H-pyrrole nitrogens is 1. The maximum atomic E-state index is 4.74. The maximum absolute atomic E-state index is 4.74. The molecule has 0 bridgehead atoms. The molecular weight excluding hydrogens is 278 g/mol. The molecule has 7 heteroatoms. The van der Waals surface area contributed by atoms with Gasteiger partial charge in [-0.1, -0.05) is 0 Å². The molecular formula is C15H19N7. The Hall–Kier alpha value is -2.57. The van der Waals surface area contributed by atoms with Crippen LogP contribution in [0.1, 0.15) is 18.5 Å². The number of anilines is 1. The van der Waals surface area contributed by atoms with E-state index in [1.165, 1.54) is 12.8 Å². The summed E-state index contributed by atoms with van der Waals surface area (Å²) in [5.41, 5.74) is 3.13. The van der Waals surface area contributed by atoms with Crippen molar-refractivity contribution >= 4 is 5.82 Å². The fraction of sp³-hybridized carbons (Fsp3) is 0.400. The van der Waals surface area contributed by atoms with Gasteiger partial charge in [-0.15, -0.1) is 0 Å². The van der Waals surface area contributed by atoms with Crippen LogP contribution in [0.5, 0.6) is 0 Å². The van der Waals surface area contributed by atoms with E-state index in [1.807, 2.05) is 24.1 Å². The van der Waals surface area contributed by atoms with Crippen molar-refractivity contribution in [2.24, 2.45) is 7.05 Å². The SMILES string of the molecule is Cc1c(-n2ccnc2-c2cnc[nH]2)c(N2CCCC2)nn1C. The molecule has 0 aliphatic carbocycles. The fourth-order valence-corrected chi connectivity index (χ4v) is 3.06. The Morgan fingerprint density at radius 1 is 1.23 bits per heavy atom. The smallest absolute Gasteiger partial charge is 0.175 e. The Labute approximate surface area is 128 Å². The lowest BCUT2D eigenvalue weighted by Gasteiger charge is -2.17. The van der Waals surface area contributed by atoms with E-state index in [0.29, 0.717) is 0 Å². The molecule has 7 nitrogen and oxygen atoms in total. The number of aromatic nitrogens is 6. The molecule has 0 atom stereocenters. The van der Waals surface area contributed by atoms with Crippen molar-refractivity contribution < 1.29 is 0 Å². The molecule has 3 aromatic rings. The van der Waals surface area contributed by atoms with Gasteiger partial charge in [-0.2, -0.15) is 5.10 Å². The third kappa shape index (κ3) is 1.93. The van der Waals surface area contributed by atoms with Crippen LogP contribution >= 0.6 is 0 Å². The first-order chi connectivity index (χ1) is 10.8. The van der Waals surface area contributed by atoms with Gasteiger partial charge < -0.3 is 9.88 Å². The normalized spacial score (nSPS) is 14.9. The van der Waals surface area contributed by atoms with Gasteiger partial charge in [0.2, 0.25) is 0 Å². The lowest BCUT2D eigenvalue weighted by Crippen LogP contribution is -2.20. The monoisotopic (exact) mass is 297 g/mol. The average molecular weight is 297 g/mol. The predicted octanol–water partition coefficient (Wildman–Crippen LogP) is 1.90. The van der Waals surface area contributed by atoms with Gasteiger partial charge in [0, 0.05) is 32.5 Å². The van der Waals surface area contributed by atoms with Crippen LogP contribution in [-0.4, -0.2) is 42.4 Å². The molecule has 22 heavy (non-hydrogen) atoms. The molecule has 4 rings (SSSR count). The second kappa shape index (κ2) is 5.01. The van der Waals surface area contributed by atoms with Gasteiger partial charge in [0.1, 0.15) is 11.4 Å². The van der Waals surface area contributed by atoms with Crippen LogP contribution < -0.4 is 4.90 Å². The average Bonchev–Trinajstić information content (AvgIpc) is 3.26. The van der Waals surface area contributed by atoms with E-state index in [4.69, 9.17) is 5.10 Å². The Morgan fingerprint density at radius 2 is 2.05 bits per heavy atom. The van der Waals surface area contributed by atoms with Gasteiger partial charge in [0.15, 0.2) is 11.6 Å². The Morgan fingerprint density at radius 3 is 2.77 bits per heavy atom. The molecule has 0 saturated carbocycles. The largest absolute Gasteiger partial charge is 0.353 e. The fourth-order valence-electron chi connectivity index (χ4n) is 3.06. The molecule has 0 spiro atoms. The second-order valence-electron chi connectivity index (χ2n) is 5.66. The van der Waals surface area contributed by atoms with Gasteiger partial charge in [-0.3, -0.25) is 9.25 Å². The summed E-state index contributed by atoms with van der Waals surface area (Å²) in [6.45, 7) is 4.23. The molecule has 1 N–H and O–H groups in total. The van der Waals surface area contributed by atoms with E-state index in [9.17, 15) is 0 Å². The number of rotatable bonds is 3. The molecule has 0 amide bonds. The van der Waals surface area contributed by atoms with E-state index in [1.54, 1.807) is 12.5 Å². The summed E-state index contributed by atoms with van der Waals surface area (Å²) in [5, 5.41) is 4.74. The van der Waals surface area contributed by atoms with Crippen LogP contribution in [0.25, 0.3) is 17.2 Å². The van der Waals surface area contributed by atoms with E-state index < -0.39 is 0 Å².